The zero-order valence-corrected chi connectivity index (χ0v) is 18.1. The summed E-state index contributed by atoms with van der Waals surface area (Å²) in [6.07, 6.45) is 0. The molecule has 0 bridgehead atoms. The van der Waals surface area contributed by atoms with E-state index in [0.29, 0.717) is 43.8 Å². The highest BCUT2D eigenvalue weighted by Crippen LogP contribution is 2.33. The van der Waals surface area contributed by atoms with Crippen LogP contribution >= 0.6 is 0 Å². The molecule has 0 aliphatic carbocycles. The molecule has 1 atom stereocenters. The van der Waals surface area contributed by atoms with Crippen LogP contribution in [0.1, 0.15) is 29.7 Å². The molecular weight excluding hydrogens is 388 g/mol. The summed E-state index contributed by atoms with van der Waals surface area (Å²) in [6, 6.07) is 11.8. The maximum atomic E-state index is 13.1. The zero-order valence-electron chi connectivity index (χ0n) is 17.3. The first-order valence-corrected chi connectivity index (χ1v) is 11.6. The van der Waals surface area contributed by atoms with E-state index in [2.05, 4.69) is 39.0 Å². The van der Waals surface area contributed by atoms with Crippen LogP contribution in [0.15, 0.2) is 41.3 Å². The number of fused-ring (bicyclic) bond motifs is 1. The van der Waals surface area contributed by atoms with Gasteiger partial charge in [0.25, 0.3) is 0 Å². The largest absolute Gasteiger partial charge is 0.486 e. The molecule has 2 aliphatic rings. The molecular formula is C22H29N2O4S+. The normalized spacial score (nSPS) is 19.1. The molecule has 1 N–H and O–H groups in total. The zero-order chi connectivity index (χ0) is 20.6. The van der Waals surface area contributed by atoms with E-state index in [0.717, 1.165) is 13.1 Å². The summed E-state index contributed by atoms with van der Waals surface area (Å²) in [5.41, 5.74) is 3.91. The quantitative estimate of drug-likeness (QED) is 0.823. The van der Waals surface area contributed by atoms with Crippen molar-refractivity contribution in [3.05, 3.63) is 53.1 Å². The van der Waals surface area contributed by atoms with Gasteiger partial charge in [-0.05, 0) is 50.1 Å². The van der Waals surface area contributed by atoms with Crippen molar-refractivity contribution in [2.45, 2.75) is 31.7 Å². The second kappa shape index (κ2) is 7.97. The Morgan fingerprint density at radius 1 is 0.931 bits per heavy atom. The second-order valence-electron chi connectivity index (χ2n) is 7.93. The fraction of sp³-hybridized carbons (Fsp3) is 0.455. The number of piperazine rings is 1. The summed E-state index contributed by atoms with van der Waals surface area (Å²) in [5.74, 6) is 1.11. The lowest BCUT2D eigenvalue weighted by Gasteiger charge is -2.35. The third kappa shape index (κ3) is 3.99. The third-order valence-corrected chi connectivity index (χ3v) is 8.05. The summed E-state index contributed by atoms with van der Waals surface area (Å²) in [6.45, 7) is 10.0. The molecule has 29 heavy (non-hydrogen) atoms. The molecule has 2 heterocycles. The molecule has 156 valence electrons. The molecule has 1 saturated heterocycles. The van der Waals surface area contributed by atoms with Gasteiger partial charge in [-0.2, -0.15) is 4.31 Å². The van der Waals surface area contributed by atoms with Crippen LogP contribution in [0.4, 0.5) is 0 Å². The number of hydrogen-bond acceptors (Lipinski definition) is 4. The monoisotopic (exact) mass is 417 g/mol. The van der Waals surface area contributed by atoms with Gasteiger partial charge in [-0.3, -0.25) is 0 Å². The van der Waals surface area contributed by atoms with E-state index in [1.807, 2.05) is 0 Å². The Labute approximate surface area is 173 Å². The smallest absolute Gasteiger partial charge is 0.243 e. The first-order valence-electron chi connectivity index (χ1n) is 10.2. The lowest BCUT2D eigenvalue weighted by molar-refractivity contribution is -0.933. The van der Waals surface area contributed by atoms with Gasteiger partial charge in [-0.1, -0.05) is 12.1 Å². The minimum atomic E-state index is -3.54. The van der Waals surface area contributed by atoms with E-state index in [9.17, 15) is 8.42 Å². The van der Waals surface area contributed by atoms with Crippen LogP contribution in [0.5, 0.6) is 11.5 Å². The maximum Gasteiger partial charge on any atom is 0.243 e. The second-order valence-corrected chi connectivity index (χ2v) is 9.87. The van der Waals surface area contributed by atoms with Crippen molar-refractivity contribution in [2.24, 2.45) is 0 Å². The van der Waals surface area contributed by atoms with Gasteiger partial charge in [-0.25, -0.2) is 8.42 Å². The summed E-state index contributed by atoms with van der Waals surface area (Å²) >= 11 is 0. The lowest BCUT2D eigenvalue weighted by Crippen LogP contribution is -3.14. The number of hydrogen-bond donors (Lipinski definition) is 1. The summed E-state index contributed by atoms with van der Waals surface area (Å²) in [7, 11) is -3.54. The van der Waals surface area contributed by atoms with Crippen LogP contribution in [-0.2, 0) is 10.0 Å². The molecule has 0 radical (unpaired) electrons. The van der Waals surface area contributed by atoms with Crippen molar-refractivity contribution < 1.29 is 22.8 Å². The molecule has 0 saturated carbocycles. The van der Waals surface area contributed by atoms with Gasteiger partial charge < -0.3 is 14.4 Å². The molecule has 2 aromatic rings. The van der Waals surface area contributed by atoms with Crippen molar-refractivity contribution in [3.8, 4) is 11.5 Å². The Balaban J connectivity index is 1.45. The number of nitrogens with zero attached hydrogens (tertiary/aromatic N) is 1. The lowest BCUT2D eigenvalue weighted by atomic mass is 10.0. The predicted molar refractivity (Wildman–Crippen MR) is 111 cm³/mol. The number of benzene rings is 2. The van der Waals surface area contributed by atoms with Gasteiger partial charge >= 0.3 is 0 Å². The average molecular weight is 418 g/mol. The minimum Gasteiger partial charge on any atom is -0.486 e. The van der Waals surface area contributed by atoms with E-state index in [-0.39, 0.29) is 4.90 Å². The SMILES string of the molecule is Cc1ccc([C@@H](C)[NH+]2CCN(S(=O)(=O)c3ccc4c(c3)OCCO4)CC2)cc1C. The van der Waals surface area contributed by atoms with Crippen LogP contribution in [0.25, 0.3) is 0 Å². The molecule has 1 fully saturated rings. The van der Waals surface area contributed by atoms with Gasteiger partial charge in [-0.15, -0.1) is 0 Å². The molecule has 6 nitrogen and oxygen atoms in total. The van der Waals surface area contributed by atoms with Crippen molar-refractivity contribution in [3.63, 3.8) is 0 Å². The van der Waals surface area contributed by atoms with Crippen molar-refractivity contribution >= 4 is 10.0 Å². The topological polar surface area (TPSA) is 60.3 Å². The number of sulfonamides is 1. The Morgan fingerprint density at radius 3 is 2.31 bits per heavy atom. The van der Waals surface area contributed by atoms with Crippen LogP contribution in [0.2, 0.25) is 0 Å². The van der Waals surface area contributed by atoms with Crippen LogP contribution in [0, 0.1) is 13.8 Å². The molecule has 2 aromatic carbocycles. The highest BCUT2D eigenvalue weighted by atomic mass is 32.2. The van der Waals surface area contributed by atoms with E-state index in [1.54, 1.807) is 22.5 Å². The van der Waals surface area contributed by atoms with Crippen LogP contribution in [0.3, 0.4) is 0 Å². The summed E-state index contributed by atoms with van der Waals surface area (Å²) in [4.78, 5) is 1.69. The number of ether oxygens (including phenoxy) is 2. The first kappa shape index (κ1) is 20.2. The number of quaternary nitrogens is 1. The highest BCUT2D eigenvalue weighted by Gasteiger charge is 2.33. The molecule has 4 rings (SSSR count). The molecule has 7 heteroatoms. The fourth-order valence-electron chi connectivity index (χ4n) is 4.05. The Morgan fingerprint density at radius 2 is 1.62 bits per heavy atom. The van der Waals surface area contributed by atoms with Crippen molar-refractivity contribution in [2.75, 3.05) is 39.4 Å². The highest BCUT2D eigenvalue weighted by molar-refractivity contribution is 7.89. The van der Waals surface area contributed by atoms with Crippen molar-refractivity contribution in [1.29, 1.82) is 0 Å². The molecule has 0 amide bonds. The third-order valence-electron chi connectivity index (χ3n) is 6.16. The Kier molecular flexibility index (Phi) is 5.55. The van der Waals surface area contributed by atoms with E-state index >= 15 is 0 Å². The Hall–Kier alpha value is -2.09. The van der Waals surface area contributed by atoms with E-state index < -0.39 is 10.0 Å². The van der Waals surface area contributed by atoms with Crippen molar-refractivity contribution in [1.82, 2.24) is 4.31 Å². The van der Waals surface area contributed by atoms with Gasteiger partial charge in [0.05, 0.1) is 31.1 Å². The standard InChI is InChI=1S/C22H28N2O4S/c1-16-4-5-19(14-17(16)2)18(3)23-8-10-24(11-9-23)29(25,26)20-6-7-21-22(15-20)28-13-12-27-21/h4-7,14-15,18H,8-13H2,1-3H3/p+1/t18-/m1/s1. The Bertz CT molecular complexity index is 998. The number of nitrogens with one attached hydrogen (secondary N) is 1. The van der Waals surface area contributed by atoms with Crippen LogP contribution < -0.4 is 14.4 Å². The van der Waals surface area contributed by atoms with E-state index in [4.69, 9.17) is 9.47 Å². The fourth-order valence-corrected chi connectivity index (χ4v) is 5.51. The van der Waals surface area contributed by atoms with Gasteiger partial charge in [0, 0.05) is 11.6 Å². The molecule has 0 aromatic heterocycles. The van der Waals surface area contributed by atoms with Gasteiger partial charge in [0.15, 0.2) is 11.5 Å². The van der Waals surface area contributed by atoms with E-state index in [1.165, 1.54) is 21.6 Å². The number of aryl methyl sites for hydroxylation is 2. The minimum absolute atomic E-state index is 0.271. The summed E-state index contributed by atoms with van der Waals surface area (Å²) in [5, 5.41) is 0. The first-order chi connectivity index (χ1) is 13.9. The van der Waals surface area contributed by atoms with Gasteiger partial charge in [0.1, 0.15) is 19.3 Å². The maximum absolute atomic E-state index is 13.1. The molecule has 0 unspecified atom stereocenters. The number of rotatable bonds is 4. The average Bonchev–Trinajstić information content (AvgIpc) is 2.75. The molecule has 2 aliphatic heterocycles. The van der Waals surface area contributed by atoms with Gasteiger partial charge in [0.2, 0.25) is 10.0 Å². The van der Waals surface area contributed by atoms with Crippen LogP contribution in [-0.4, -0.2) is 52.1 Å². The summed E-state index contributed by atoms with van der Waals surface area (Å²) < 4.78 is 38.9. The molecule has 0 spiro atoms. The predicted octanol–water partition coefficient (Wildman–Crippen LogP) is 1.73.